The minimum absolute atomic E-state index is 0.879. The second-order valence-electron chi connectivity index (χ2n) is 5.29. The van der Waals surface area contributed by atoms with Gasteiger partial charge in [0.25, 0.3) is 0 Å². The van der Waals surface area contributed by atoms with E-state index in [2.05, 4.69) is 27.8 Å². The van der Waals surface area contributed by atoms with E-state index in [9.17, 15) is 0 Å². The first-order chi connectivity index (χ1) is 6.08. The summed E-state index contributed by atoms with van der Waals surface area (Å²) in [5.74, 6) is 0.879. The highest BCUT2D eigenvalue weighted by Gasteiger charge is 2.39. The fourth-order valence-electron chi connectivity index (χ4n) is 2.16. The third-order valence-electron chi connectivity index (χ3n) is 3.60. The van der Waals surface area contributed by atoms with Gasteiger partial charge in [-0.1, -0.05) is 13.8 Å². The maximum Gasteiger partial charge on any atom is 0.0892 e. The van der Waals surface area contributed by atoms with Crippen molar-refractivity contribution in [2.45, 2.75) is 52.5 Å². The first-order valence-electron chi connectivity index (χ1n) is 5.92. The molecule has 78 valence electrons. The summed E-state index contributed by atoms with van der Waals surface area (Å²) in [6.45, 7) is 9.72. The molecule has 0 aromatic heterocycles. The van der Waals surface area contributed by atoms with Gasteiger partial charge in [-0.2, -0.15) is 0 Å². The molecule has 0 aromatic carbocycles. The van der Waals surface area contributed by atoms with Gasteiger partial charge >= 0.3 is 0 Å². The van der Waals surface area contributed by atoms with E-state index in [1.807, 2.05) is 0 Å². The van der Waals surface area contributed by atoms with Crippen LogP contribution >= 0.6 is 0 Å². The first-order valence-corrected chi connectivity index (χ1v) is 5.92. The normalized spacial score (nSPS) is 21.9. The molecular formula is C12H26N+. The van der Waals surface area contributed by atoms with Crippen molar-refractivity contribution in [2.24, 2.45) is 5.92 Å². The maximum atomic E-state index is 2.44. The van der Waals surface area contributed by atoms with Gasteiger partial charge in [0.1, 0.15) is 0 Å². The number of quaternary nitrogens is 1. The van der Waals surface area contributed by atoms with Crippen molar-refractivity contribution in [2.75, 3.05) is 20.1 Å². The Morgan fingerprint density at radius 3 is 2.31 bits per heavy atom. The molecule has 0 radical (unpaired) electrons. The second kappa shape index (κ2) is 4.45. The summed E-state index contributed by atoms with van der Waals surface area (Å²) < 4.78 is 1.34. The molecule has 1 heteroatoms. The van der Waals surface area contributed by atoms with Crippen molar-refractivity contribution in [3.63, 3.8) is 0 Å². The highest BCUT2D eigenvalue weighted by molar-refractivity contribution is 4.74. The van der Waals surface area contributed by atoms with Crippen molar-refractivity contribution in [1.29, 1.82) is 0 Å². The van der Waals surface area contributed by atoms with Crippen molar-refractivity contribution < 1.29 is 4.48 Å². The topological polar surface area (TPSA) is 0 Å². The summed E-state index contributed by atoms with van der Waals surface area (Å²) in [5.41, 5.74) is 0. The molecule has 0 heterocycles. The van der Waals surface area contributed by atoms with Crippen molar-refractivity contribution in [3.8, 4) is 0 Å². The molecule has 1 saturated carbocycles. The van der Waals surface area contributed by atoms with Crippen LogP contribution in [0, 0.1) is 5.92 Å². The summed E-state index contributed by atoms with van der Waals surface area (Å²) in [6, 6.07) is 1.01. The van der Waals surface area contributed by atoms with Gasteiger partial charge in [0.05, 0.1) is 26.2 Å². The molecule has 1 aliphatic carbocycles. The van der Waals surface area contributed by atoms with Gasteiger partial charge in [0, 0.05) is 12.8 Å². The number of hydrogen-bond donors (Lipinski definition) is 0. The lowest BCUT2D eigenvalue weighted by Crippen LogP contribution is -2.46. The quantitative estimate of drug-likeness (QED) is 0.557. The molecule has 1 aliphatic rings. The minimum Gasteiger partial charge on any atom is -0.324 e. The first kappa shape index (κ1) is 11.0. The molecule has 0 spiro atoms. The van der Waals surface area contributed by atoms with E-state index in [1.54, 1.807) is 0 Å². The van der Waals surface area contributed by atoms with Crippen LogP contribution in [0.5, 0.6) is 0 Å². The van der Waals surface area contributed by atoms with E-state index in [0.29, 0.717) is 0 Å². The van der Waals surface area contributed by atoms with Gasteiger partial charge in [-0.15, -0.1) is 0 Å². The largest absolute Gasteiger partial charge is 0.324 e. The molecule has 0 N–H and O–H groups in total. The van der Waals surface area contributed by atoms with Crippen LogP contribution in [-0.4, -0.2) is 30.7 Å². The third kappa shape index (κ3) is 3.30. The van der Waals surface area contributed by atoms with Gasteiger partial charge in [-0.25, -0.2) is 0 Å². The molecule has 13 heavy (non-hydrogen) atoms. The monoisotopic (exact) mass is 184 g/mol. The van der Waals surface area contributed by atoms with E-state index in [1.165, 1.54) is 43.3 Å². The molecule has 0 aromatic rings. The lowest BCUT2D eigenvalue weighted by molar-refractivity contribution is -0.918. The highest BCUT2D eigenvalue weighted by Crippen LogP contribution is 2.32. The smallest absolute Gasteiger partial charge is 0.0892 e. The lowest BCUT2D eigenvalue weighted by atomic mass is 10.1. The summed E-state index contributed by atoms with van der Waals surface area (Å²) in [6.07, 6.45) is 5.77. The standard InChI is InChI=1S/C12H26N/c1-5-13(4,12-8-9-12)10-6-7-11(2)3/h11-12H,5-10H2,1-4H3/q+1. The highest BCUT2D eigenvalue weighted by atomic mass is 15.4. The fourth-order valence-corrected chi connectivity index (χ4v) is 2.16. The molecule has 0 amide bonds. The molecule has 1 atom stereocenters. The Hall–Kier alpha value is -0.0400. The van der Waals surface area contributed by atoms with Crippen LogP contribution < -0.4 is 0 Å². The van der Waals surface area contributed by atoms with Gasteiger partial charge in [-0.05, 0) is 25.7 Å². The van der Waals surface area contributed by atoms with Gasteiger partial charge < -0.3 is 4.48 Å². The SMILES string of the molecule is CC[N+](C)(CCCC(C)C)C1CC1. The Kier molecular flexibility index (Phi) is 3.78. The second-order valence-corrected chi connectivity index (χ2v) is 5.29. The molecular weight excluding hydrogens is 158 g/mol. The third-order valence-corrected chi connectivity index (χ3v) is 3.60. The summed E-state index contributed by atoms with van der Waals surface area (Å²) >= 11 is 0. The van der Waals surface area contributed by atoms with Crippen LogP contribution in [0.3, 0.4) is 0 Å². The zero-order valence-electron chi connectivity index (χ0n) is 9.84. The average Bonchev–Trinajstić information content (AvgIpc) is 2.85. The Morgan fingerprint density at radius 2 is 1.92 bits per heavy atom. The van der Waals surface area contributed by atoms with Crippen LogP contribution in [0.4, 0.5) is 0 Å². The van der Waals surface area contributed by atoms with Crippen LogP contribution in [0.2, 0.25) is 0 Å². The molecule has 0 aliphatic heterocycles. The molecule has 1 rings (SSSR count). The average molecular weight is 184 g/mol. The van der Waals surface area contributed by atoms with E-state index in [0.717, 1.165) is 12.0 Å². The minimum atomic E-state index is 0.879. The number of hydrogen-bond acceptors (Lipinski definition) is 0. The van der Waals surface area contributed by atoms with E-state index >= 15 is 0 Å². The van der Waals surface area contributed by atoms with Gasteiger partial charge in [0.15, 0.2) is 0 Å². The van der Waals surface area contributed by atoms with E-state index in [4.69, 9.17) is 0 Å². The fraction of sp³-hybridized carbons (Fsp3) is 1.00. The molecule has 1 fully saturated rings. The van der Waals surface area contributed by atoms with Crippen molar-refractivity contribution in [3.05, 3.63) is 0 Å². The van der Waals surface area contributed by atoms with E-state index < -0.39 is 0 Å². The van der Waals surface area contributed by atoms with Crippen LogP contribution in [0.25, 0.3) is 0 Å². The maximum absolute atomic E-state index is 2.44. The predicted octanol–water partition coefficient (Wildman–Crippen LogP) is 3.05. The predicted molar refractivity (Wildman–Crippen MR) is 58.7 cm³/mol. The molecule has 1 nitrogen and oxygen atoms in total. The zero-order valence-corrected chi connectivity index (χ0v) is 9.84. The Morgan fingerprint density at radius 1 is 1.31 bits per heavy atom. The molecule has 1 unspecified atom stereocenters. The van der Waals surface area contributed by atoms with Crippen molar-refractivity contribution in [1.82, 2.24) is 0 Å². The number of nitrogens with zero attached hydrogens (tertiary/aromatic N) is 1. The Balaban J connectivity index is 2.23. The molecule has 0 saturated heterocycles. The molecule has 0 bridgehead atoms. The van der Waals surface area contributed by atoms with Crippen LogP contribution in [-0.2, 0) is 0 Å². The summed E-state index contributed by atoms with van der Waals surface area (Å²) in [7, 11) is 2.44. The summed E-state index contributed by atoms with van der Waals surface area (Å²) in [4.78, 5) is 0. The zero-order chi connectivity index (χ0) is 9.90. The Bertz CT molecular complexity index is 149. The van der Waals surface area contributed by atoms with E-state index in [-0.39, 0.29) is 0 Å². The van der Waals surface area contributed by atoms with Gasteiger partial charge in [0.2, 0.25) is 0 Å². The Labute approximate surface area is 83.7 Å². The van der Waals surface area contributed by atoms with Crippen LogP contribution in [0.15, 0.2) is 0 Å². The summed E-state index contributed by atoms with van der Waals surface area (Å²) in [5, 5.41) is 0. The van der Waals surface area contributed by atoms with Gasteiger partial charge in [-0.3, -0.25) is 0 Å². The van der Waals surface area contributed by atoms with Crippen LogP contribution in [0.1, 0.15) is 46.5 Å². The lowest BCUT2D eigenvalue weighted by Gasteiger charge is -2.34. The van der Waals surface area contributed by atoms with Crippen molar-refractivity contribution >= 4 is 0 Å². The number of rotatable bonds is 6.